The molecule has 1 aliphatic carbocycles. The summed E-state index contributed by atoms with van der Waals surface area (Å²) < 4.78 is 20.2. The highest BCUT2D eigenvalue weighted by atomic mass is 19.1. The molecule has 3 heterocycles. The normalized spacial score (nSPS) is 17.8. The molecule has 31 heavy (non-hydrogen) atoms. The molecule has 2 aromatic heterocycles. The summed E-state index contributed by atoms with van der Waals surface area (Å²) in [4.78, 5) is 18.7. The molecule has 5 rings (SSSR count). The van der Waals surface area contributed by atoms with Crippen molar-refractivity contribution in [2.45, 2.75) is 50.5 Å². The van der Waals surface area contributed by atoms with E-state index in [-0.39, 0.29) is 18.2 Å². The van der Waals surface area contributed by atoms with Crippen LogP contribution in [0, 0.1) is 0 Å². The molecule has 1 saturated carbocycles. The third-order valence-corrected chi connectivity index (χ3v) is 6.55. The third kappa shape index (κ3) is 3.75. The van der Waals surface area contributed by atoms with Gasteiger partial charge in [-0.25, -0.2) is 0 Å². The van der Waals surface area contributed by atoms with Crippen LogP contribution < -0.4 is 0 Å². The summed E-state index contributed by atoms with van der Waals surface area (Å²) in [6, 6.07) is 6.60. The van der Waals surface area contributed by atoms with Crippen LogP contribution in [0.3, 0.4) is 0 Å². The van der Waals surface area contributed by atoms with Crippen molar-refractivity contribution in [1.29, 1.82) is 0 Å². The van der Waals surface area contributed by atoms with Gasteiger partial charge in [0.15, 0.2) is 5.82 Å². The van der Waals surface area contributed by atoms with Crippen molar-refractivity contribution < 1.29 is 13.7 Å². The first kappa shape index (κ1) is 19.9. The van der Waals surface area contributed by atoms with Gasteiger partial charge in [-0.15, -0.1) is 0 Å². The van der Waals surface area contributed by atoms with E-state index in [1.165, 1.54) is 19.3 Å². The number of hydrogen-bond donors (Lipinski definition) is 0. The molecule has 0 unspecified atom stereocenters. The SMILES string of the molecule is C=C(CCF)C(=O)N1CCC(c2noc(-c3ccc4cnn(C5CCC5)c4c3)n2)CC1. The zero-order chi connectivity index (χ0) is 21.4. The van der Waals surface area contributed by atoms with Crippen LogP contribution in [-0.4, -0.2) is 50.5 Å². The van der Waals surface area contributed by atoms with Crippen molar-refractivity contribution in [3.05, 3.63) is 42.4 Å². The average molecular weight is 423 g/mol. The fourth-order valence-electron chi connectivity index (χ4n) is 4.40. The number of benzene rings is 1. The zero-order valence-corrected chi connectivity index (χ0v) is 17.5. The highest BCUT2D eigenvalue weighted by molar-refractivity contribution is 5.92. The minimum Gasteiger partial charge on any atom is -0.339 e. The number of fused-ring (bicyclic) bond motifs is 1. The molecule has 1 saturated heterocycles. The molecule has 1 aromatic carbocycles. The lowest BCUT2D eigenvalue weighted by atomic mass is 9.93. The Labute approximate surface area is 179 Å². The number of amides is 1. The molecular formula is C23H26FN5O2. The quantitative estimate of drug-likeness (QED) is 0.548. The molecule has 0 bridgehead atoms. The van der Waals surface area contributed by atoms with Crippen LogP contribution in [0.1, 0.15) is 56.3 Å². The van der Waals surface area contributed by atoms with E-state index >= 15 is 0 Å². The van der Waals surface area contributed by atoms with E-state index in [4.69, 9.17) is 4.52 Å². The van der Waals surface area contributed by atoms with Gasteiger partial charge in [0.25, 0.3) is 5.89 Å². The van der Waals surface area contributed by atoms with Crippen LogP contribution >= 0.6 is 0 Å². The number of carbonyl (C=O) groups excluding carboxylic acids is 1. The zero-order valence-electron chi connectivity index (χ0n) is 17.5. The van der Waals surface area contributed by atoms with Gasteiger partial charge in [-0.05, 0) is 44.2 Å². The van der Waals surface area contributed by atoms with Gasteiger partial charge in [-0.2, -0.15) is 10.1 Å². The van der Waals surface area contributed by atoms with Crippen LogP contribution in [0.2, 0.25) is 0 Å². The third-order valence-electron chi connectivity index (χ3n) is 6.55. The molecule has 1 amide bonds. The van der Waals surface area contributed by atoms with Gasteiger partial charge in [-0.1, -0.05) is 17.8 Å². The van der Waals surface area contributed by atoms with Gasteiger partial charge in [0, 0.05) is 42.0 Å². The van der Waals surface area contributed by atoms with Gasteiger partial charge in [-0.3, -0.25) is 13.9 Å². The predicted octanol–water partition coefficient (Wildman–Crippen LogP) is 4.43. The van der Waals surface area contributed by atoms with Crippen LogP contribution in [0.5, 0.6) is 0 Å². The lowest BCUT2D eigenvalue weighted by Crippen LogP contribution is -2.38. The maximum absolute atomic E-state index is 12.5. The second-order valence-electron chi connectivity index (χ2n) is 8.51. The van der Waals surface area contributed by atoms with E-state index in [0.29, 0.717) is 36.4 Å². The van der Waals surface area contributed by atoms with Crippen LogP contribution in [-0.2, 0) is 4.79 Å². The van der Waals surface area contributed by atoms with Gasteiger partial charge >= 0.3 is 0 Å². The second kappa shape index (κ2) is 8.24. The lowest BCUT2D eigenvalue weighted by Gasteiger charge is -2.31. The number of alkyl halides is 1. The molecule has 0 atom stereocenters. The maximum Gasteiger partial charge on any atom is 0.258 e. The molecule has 3 aromatic rings. The van der Waals surface area contributed by atoms with Gasteiger partial charge in [0.2, 0.25) is 5.91 Å². The molecule has 162 valence electrons. The number of nitrogens with zero attached hydrogens (tertiary/aromatic N) is 5. The van der Waals surface area contributed by atoms with Crippen molar-refractivity contribution in [2.24, 2.45) is 0 Å². The number of aromatic nitrogens is 4. The summed E-state index contributed by atoms with van der Waals surface area (Å²) in [5.74, 6) is 1.17. The fourth-order valence-corrected chi connectivity index (χ4v) is 4.40. The summed E-state index contributed by atoms with van der Waals surface area (Å²) >= 11 is 0. The number of carbonyl (C=O) groups is 1. The lowest BCUT2D eigenvalue weighted by molar-refractivity contribution is -0.128. The number of halogens is 1. The monoisotopic (exact) mass is 423 g/mol. The van der Waals surface area contributed by atoms with Crippen molar-refractivity contribution in [3.63, 3.8) is 0 Å². The molecule has 7 nitrogen and oxygen atoms in total. The van der Waals surface area contributed by atoms with Crippen LogP contribution in [0.15, 0.2) is 41.1 Å². The molecule has 2 aliphatic rings. The summed E-state index contributed by atoms with van der Waals surface area (Å²) in [6.45, 7) is 4.32. The Morgan fingerprint density at radius 2 is 2.03 bits per heavy atom. The van der Waals surface area contributed by atoms with Crippen molar-refractivity contribution in [3.8, 4) is 11.5 Å². The van der Waals surface area contributed by atoms with Crippen molar-refractivity contribution >= 4 is 16.8 Å². The molecule has 0 radical (unpaired) electrons. The largest absolute Gasteiger partial charge is 0.339 e. The minimum atomic E-state index is -0.556. The molecule has 0 N–H and O–H groups in total. The Kier molecular flexibility index (Phi) is 5.29. The summed E-state index contributed by atoms with van der Waals surface area (Å²) in [5.41, 5.74) is 2.32. The van der Waals surface area contributed by atoms with E-state index in [1.54, 1.807) is 4.90 Å². The summed E-state index contributed by atoms with van der Waals surface area (Å²) in [7, 11) is 0. The Morgan fingerprint density at radius 3 is 2.74 bits per heavy atom. The Balaban J connectivity index is 1.28. The van der Waals surface area contributed by atoms with E-state index in [1.807, 2.05) is 18.3 Å². The van der Waals surface area contributed by atoms with Gasteiger partial charge < -0.3 is 9.42 Å². The first-order valence-electron chi connectivity index (χ1n) is 11.0. The second-order valence-corrected chi connectivity index (χ2v) is 8.51. The van der Waals surface area contributed by atoms with Crippen molar-refractivity contribution in [2.75, 3.05) is 19.8 Å². The van der Waals surface area contributed by atoms with Gasteiger partial charge in [0.05, 0.1) is 24.4 Å². The number of hydrogen-bond acceptors (Lipinski definition) is 5. The average Bonchev–Trinajstić information content (AvgIpc) is 3.40. The first-order valence-corrected chi connectivity index (χ1v) is 11.0. The standard InChI is InChI=1S/C23H26FN5O2/c1-15(7-10-24)23(30)28-11-8-16(9-12-28)21-26-22(31-27-21)17-5-6-18-14-25-29(20(18)13-17)19-3-2-4-19/h5-6,13-14,16,19H,1-4,7-12H2. The van der Waals surface area contributed by atoms with E-state index in [0.717, 1.165) is 29.3 Å². The predicted molar refractivity (Wildman–Crippen MR) is 114 cm³/mol. The number of piperidine rings is 1. The minimum absolute atomic E-state index is 0.0942. The Hall–Kier alpha value is -3.03. The molecule has 2 fully saturated rings. The number of likely N-dealkylation sites (tertiary alicyclic amines) is 1. The van der Waals surface area contributed by atoms with E-state index in [9.17, 15) is 9.18 Å². The smallest absolute Gasteiger partial charge is 0.258 e. The van der Waals surface area contributed by atoms with E-state index in [2.05, 4.69) is 32.6 Å². The van der Waals surface area contributed by atoms with E-state index < -0.39 is 6.67 Å². The number of rotatable bonds is 6. The van der Waals surface area contributed by atoms with Crippen LogP contribution in [0.25, 0.3) is 22.4 Å². The Morgan fingerprint density at radius 1 is 1.23 bits per heavy atom. The highest BCUT2D eigenvalue weighted by Gasteiger charge is 2.28. The summed E-state index contributed by atoms with van der Waals surface area (Å²) in [5, 5.41) is 9.90. The maximum atomic E-state index is 12.5. The fraction of sp³-hybridized carbons (Fsp3) is 0.478. The molecule has 8 heteroatoms. The summed E-state index contributed by atoms with van der Waals surface area (Å²) in [6.07, 6.45) is 7.11. The first-order chi connectivity index (χ1) is 15.1. The van der Waals surface area contributed by atoms with Crippen molar-refractivity contribution in [1.82, 2.24) is 24.8 Å². The highest BCUT2D eigenvalue weighted by Crippen LogP contribution is 2.35. The Bertz CT molecular complexity index is 1110. The molecule has 0 spiro atoms. The van der Waals surface area contributed by atoms with Gasteiger partial charge in [0.1, 0.15) is 0 Å². The topological polar surface area (TPSA) is 77.0 Å². The van der Waals surface area contributed by atoms with Crippen LogP contribution in [0.4, 0.5) is 4.39 Å². The molecule has 1 aliphatic heterocycles. The molecular weight excluding hydrogens is 397 g/mol.